The van der Waals surface area contributed by atoms with E-state index in [9.17, 15) is 0 Å². The van der Waals surface area contributed by atoms with Gasteiger partial charge in [0.05, 0.1) is 24.8 Å². The summed E-state index contributed by atoms with van der Waals surface area (Å²) in [5.41, 5.74) is 3.40. The average Bonchev–Trinajstić information content (AvgIpc) is 3.08. The standard InChI is InChI=1S/C25H32N2O2/c1-6-11-19-14-15-22(23(18-19)28-5)29-17-10-9-16-27-21-13-8-7-12-20(21)26-24(27)25(2,3)4/h6-8,11-15,18H,9-10,16-17H2,1-5H3/b11-6+. The Hall–Kier alpha value is -2.75. The van der Waals surface area contributed by atoms with E-state index in [2.05, 4.69) is 55.7 Å². The molecule has 29 heavy (non-hydrogen) atoms. The highest BCUT2D eigenvalue weighted by Crippen LogP contribution is 2.29. The lowest BCUT2D eigenvalue weighted by atomic mass is 9.95. The van der Waals surface area contributed by atoms with Crippen LogP contribution < -0.4 is 9.47 Å². The molecule has 0 bridgehead atoms. The molecule has 0 saturated heterocycles. The molecule has 2 aromatic carbocycles. The van der Waals surface area contributed by atoms with Crippen LogP contribution in [0.15, 0.2) is 48.5 Å². The molecule has 0 amide bonds. The van der Waals surface area contributed by atoms with Crippen LogP contribution in [-0.4, -0.2) is 23.3 Å². The van der Waals surface area contributed by atoms with Gasteiger partial charge in [0.1, 0.15) is 5.82 Å². The number of imidazole rings is 1. The first-order valence-corrected chi connectivity index (χ1v) is 10.3. The number of hydrogen-bond acceptors (Lipinski definition) is 3. The van der Waals surface area contributed by atoms with Crippen molar-refractivity contribution in [2.75, 3.05) is 13.7 Å². The van der Waals surface area contributed by atoms with E-state index in [1.54, 1.807) is 7.11 Å². The number of hydrogen-bond donors (Lipinski definition) is 0. The van der Waals surface area contributed by atoms with Crippen molar-refractivity contribution in [2.24, 2.45) is 0 Å². The van der Waals surface area contributed by atoms with Crippen molar-refractivity contribution in [3.05, 3.63) is 59.9 Å². The maximum atomic E-state index is 5.99. The number of aromatic nitrogens is 2. The average molecular weight is 393 g/mol. The molecular formula is C25H32N2O2. The highest BCUT2D eigenvalue weighted by atomic mass is 16.5. The van der Waals surface area contributed by atoms with E-state index in [1.165, 1.54) is 5.52 Å². The third-order valence-electron chi connectivity index (χ3n) is 4.91. The minimum atomic E-state index is 0.0115. The Bertz CT molecular complexity index is 980. The quantitative estimate of drug-likeness (QED) is 0.426. The maximum Gasteiger partial charge on any atom is 0.161 e. The molecule has 4 nitrogen and oxygen atoms in total. The maximum absolute atomic E-state index is 5.99. The number of methoxy groups -OCH3 is 1. The lowest BCUT2D eigenvalue weighted by Crippen LogP contribution is -2.19. The number of para-hydroxylation sites is 2. The second-order valence-electron chi connectivity index (χ2n) is 8.29. The van der Waals surface area contributed by atoms with Gasteiger partial charge in [-0.15, -0.1) is 0 Å². The van der Waals surface area contributed by atoms with E-state index in [-0.39, 0.29) is 5.41 Å². The molecule has 1 aromatic heterocycles. The summed E-state index contributed by atoms with van der Waals surface area (Å²) in [6.07, 6.45) is 6.06. The number of aryl methyl sites for hydroxylation is 1. The Morgan fingerprint density at radius 3 is 2.55 bits per heavy atom. The van der Waals surface area contributed by atoms with Crippen LogP contribution in [0.1, 0.15) is 51.9 Å². The minimum absolute atomic E-state index is 0.0115. The molecule has 1 heterocycles. The molecule has 154 valence electrons. The third kappa shape index (κ3) is 5.00. The highest BCUT2D eigenvalue weighted by Gasteiger charge is 2.22. The van der Waals surface area contributed by atoms with Crippen LogP contribution in [0.2, 0.25) is 0 Å². The van der Waals surface area contributed by atoms with Gasteiger partial charge in [-0.3, -0.25) is 0 Å². The molecule has 0 N–H and O–H groups in total. The molecule has 3 aromatic rings. The van der Waals surface area contributed by atoms with Gasteiger partial charge in [-0.25, -0.2) is 4.98 Å². The number of nitrogens with zero attached hydrogens (tertiary/aromatic N) is 2. The summed E-state index contributed by atoms with van der Waals surface area (Å²) in [5.74, 6) is 2.71. The van der Waals surface area contributed by atoms with Crippen molar-refractivity contribution in [3.8, 4) is 11.5 Å². The van der Waals surface area contributed by atoms with Gasteiger partial charge in [-0.1, -0.05) is 51.1 Å². The summed E-state index contributed by atoms with van der Waals surface area (Å²) in [4.78, 5) is 4.89. The zero-order valence-electron chi connectivity index (χ0n) is 18.2. The smallest absolute Gasteiger partial charge is 0.161 e. The van der Waals surface area contributed by atoms with Crippen molar-refractivity contribution < 1.29 is 9.47 Å². The summed E-state index contributed by atoms with van der Waals surface area (Å²) in [6, 6.07) is 14.4. The molecule has 0 fully saturated rings. The molecule has 0 aliphatic heterocycles. The number of unbranched alkanes of at least 4 members (excludes halogenated alkanes) is 1. The Kier molecular flexibility index (Phi) is 6.63. The number of ether oxygens (including phenoxy) is 2. The van der Waals surface area contributed by atoms with E-state index in [4.69, 9.17) is 14.5 Å². The number of allylic oxidation sites excluding steroid dienone is 1. The van der Waals surface area contributed by atoms with Crippen molar-refractivity contribution in [1.82, 2.24) is 9.55 Å². The van der Waals surface area contributed by atoms with Gasteiger partial charge in [0.25, 0.3) is 0 Å². The second-order valence-corrected chi connectivity index (χ2v) is 8.29. The van der Waals surface area contributed by atoms with Crippen LogP contribution in [-0.2, 0) is 12.0 Å². The van der Waals surface area contributed by atoms with Gasteiger partial charge in [0.2, 0.25) is 0 Å². The molecule has 4 heteroatoms. The fraction of sp³-hybridized carbons (Fsp3) is 0.400. The van der Waals surface area contributed by atoms with E-state index < -0.39 is 0 Å². The van der Waals surface area contributed by atoms with Crippen LogP contribution in [0.5, 0.6) is 11.5 Å². The lowest BCUT2D eigenvalue weighted by Gasteiger charge is -2.20. The molecule has 0 aliphatic rings. The second kappa shape index (κ2) is 9.17. The summed E-state index contributed by atoms with van der Waals surface area (Å²) < 4.78 is 13.8. The zero-order chi connectivity index (χ0) is 20.9. The van der Waals surface area contributed by atoms with Gasteiger partial charge in [0.15, 0.2) is 11.5 Å². The Labute approximate surface area is 174 Å². The van der Waals surface area contributed by atoms with Crippen LogP contribution in [0, 0.1) is 0 Å². The molecule has 0 spiro atoms. The number of rotatable bonds is 8. The molecule has 3 rings (SSSR count). The van der Waals surface area contributed by atoms with Crippen molar-refractivity contribution in [1.29, 1.82) is 0 Å². The van der Waals surface area contributed by atoms with Crippen LogP contribution >= 0.6 is 0 Å². The first-order valence-electron chi connectivity index (χ1n) is 10.3. The number of benzene rings is 2. The van der Waals surface area contributed by atoms with Gasteiger partial charge in [-0.05, 0) is 49.6 Å². The van der Waals surface area contributed by atoms with E-state index >= 15 is 0 Å². The van der Waals surface area contributed by atoms with Gasteiger partial charge in [0, 0.05) is 12.0 Å². The van der Waals surface area contributed by atoms with Crippen LogP contribution in [0.3, 0.4) is 0 Å². The summed E-state index contributed by atoms with van der Waals surface area (Å²) in [6.45, 7) is 10.3. The predicted molar refractivity (Wildman–Crippen MR) is 121 cm³/mol. The molecule has 0 atom stereocenters. The van der Waals surface area contributed by atoms with E-state index in [0.29, 0.717) is 6.61 Å². The molecule has 0 unspecified atom stereocenters. The third-order valence-corrected chi connectivity index (χ3v) is 4.91. The summed E-state index contributed by atoms with van der Waals surface area (Å²) >= 11 is 0. The first-order chi connectivity index (χ1) is 13.9. The lowest BCUT2D eigenvalue weighted by molar-refractivity contribution is 0.283. The van der Waals surface area contributed by atoms with Crippen molar-refractivity contribution >= 4 is 17.1 Å². The highest BCUT2D eigenvalue weighted by molar-refractivity contribution is 5.76. The summed E-state index contributed by atoms with van der Waals surface area (Å²) in [5, 5.41) is 0. The van der Waals surface area contributed by atoms with Gasteiger partial charge < -0.3 is 14.0 Å². The van der Waals surface area contributed by atoms with E-state index in [0.717, 1.165) is 47.8 Å². The Morgan fingerprint density at radius 1 is 1.03 bits per heavy atom. The monoisotopic (exact) mass is 392 g/mol. The normalized spacial score (nSPS) is 12.0. The molecule has 0 radical (unpaired) electrons. The van der Waals surface area contributed by atoms with Crippen molar-refractivity contribution in [3.63, 3.8) is 0 Å². The predicted octanol–water partition coefficient (Wildman–Crippen LogP) is 6.23. The SMILES string of the molecule is C/C=C/c1ccc(OCCCCn2c(C(C)(C)C)nc3ccccc32)c(OC)c1. The first kappa shape index (κ1) is 21.0. The fourth-order valence-corrected chi connectivity index (χ4v) is 3.53. The molecule has 0 saturated carbocycles. The van der Waals surface area contributed by atoms with Gasteiger partial charge in [-0.2, -0.15) is 0 Å². The largest absolute Gasteiger partial charge is 0.493 e. The van der Waals surface area contributed by atoms with E-state index in [1.807, 2.05) is 31.2 Å². The zero-order valence-corrected chi connectivity index (χ0v) is 18.2. The topological polar surface area (TPSA) is 36.3 Å². The number of fused-ring (bicyclic) bond motifs is 1. The molecular weight excluding hydrogens is 360 g/mol. The fourth-order valence-electron chi connectivity index (χ4n) is 3.53. The van der Waals surface area contributed by atoms with Crippen LogP contribution in [0.25, 0.3) is 17.1 Å². The van der Waals surface area contributed by atoms with Gasteiger partial charge >= 0.3 is 0 Å². The Morgan fingerprint density at radius 2 is 1.83 bits per heavy atom. The Balaban J connectivity index is 1.62. The minimum Gasteiger partial charge on any atom is -0.493 e. The summed E-state index contributed by atoms with van der Waals surface area (Å²) in [7, 11) is 1.68. The van der Waals surface area contributed by atoms with Crippen molar-refractivity contribution in [2.45, 2.75) is 52.5 Å². The molecule has 0 aliphatic carbocycles. The van der Waals surface area contributed by atoms with Crippen LogP contribution in [0.4, 0.5) is 0 Å².